The van der Waals surface area contributed by atoms with Crippen LogP contribution < -0.4 is 5.32 Å². The second kappa shape index (κ2) is 4.82. The Morgan fingerprint density at radius 1 is 1.53 bits per heavy atom. The molecule has 1 aliphatic carbocycles. The zero-order valence-corrected chi connectivity index (χ0v) is 10.1. The first-order valence-corrected chi connectivity index (χ1v) is 5.81. The Hall–Kier alpha value is -1.44. The van der Waals surface area contributed by atoms with Gasteiger partial charge < -0.3 is 10.1 Å². The zero-order valence-electron chi connectivity index (χ0n) is 10.1. The summed E-state index contributed by atoms with van der Waals surface area (Å²) in [6, 6.07) is 2.13. The van der Waals surface area contributed by atoms with E-state index in [-0.39, 0.29) is 11.9 Å². The quantitative estimate of drug-likeness (QED) is 0.731. The van der Waals surface area contributed by atoms with Crippen molar-refractivity contribution < 1.29 is 9.53 Å². The Kier molecular flexibility index (Phi) is 3.41. The number of hydrogen-bond acceptors (Lipinski definition) is 4. The molecule has 90 valence electrons. The first-order valence-electron chi connectivity index (χ1n) is 5.81. The molecule has 1 saturated heterocycles. The van der Waals surface area contributed by atoms with Crippen LogP contribution in [0.3, 0.4) is 0 Å². The summed E-state index contributed by atoms with van der Waals surface area (Å²) in [7, 11) is 0. The summed E-state index contributed by atoms with van der Waals surface area (Å²) in [6.07, 6.45) is 1.59. The van der Waals surface area contributed by atoms with E-state index in [0.29, 0.717) is 18.7 Å². The van der Waals surface area contributed by atoms with Crippen LogP contribution in [0.25, 0.3) is 0 Å². The van der Waals surface area contributed by atoms with Crippen LogP contribution in [0.1, 0.15) is 13.8 Å². The minimum Gasteiger partial charge on any atom is -0.374 e. The van der Waals surface area contributed by atoms with Gasteiger partial charge in [0, 0.05) is 18.7 Å². The summed E-state index contributed by atoms with van der Waals surface area (Å²) in [4.78, 5) is 12.2. The van der Waals surface area contributed by atoms with Crippen molar-refractivity contribution in [2.45, 2.75) is 20.0 Å². The van der Waals surface area contributed by atoms with Crippen molar-refractivity contribution in [3.8, 4) is 6.07 Å². The van der Waals surface area contributed by atoms with Gasteiger partial charge in [-0.05, 0) is 31.1 Å². The number of allylic oxidation sites excluding steroid dienone is 3. The fourth-order valence-electron chi connectivity index (χ4n) is 2.27. The fraction of sp³-hybridized carbons (Fsp3) is 0.538. The molecule has 4 nitrogen and oxygen atoms in total. The van der Waals surface area contributed by atoms with Gasteiger partial charge in [0.2, 0.25) is 0 Å². The molecule has 0 aromatic rings. The lowest BCUT2D eigenvalue weighted by Gasteiger charge is -2.32. The molecule has 2 atom stereocenters. The van der Waals surface area contributed by atoms with Gasteiger partial charge in [-0.1, -0.05) is 0 Å². The van der Waals surface area contributed by atoms with Gasteiger partial charge >= 0.3 is 0 Å². The third-order valence-electron chi connectivity index (χ3n) is 3.41. The highest BCUT2D eigenvalue weighted by atomic mass is 16.5. The molecule has 0 bridgehead atoms. The van der Waals surface area contributed by atoms with Gasteiger partial charge in [-0.2, -0.15) is 5.26 Å². The minimum atomic E-state index is -0.434. The second-order valence-electron chi connectivity index (χ2n) is 4.47. The van der Waals surface area contributed by atoms with Gasteiger partial charge in [-0.3, -0.25) is 4.79 Å². The summed E-state index contributed by atoms with van der Waals surface area (Å²) in [5.74, 6) is -0.410. The maximum atomic E-state index is 12.2. The van der Waals surface area contributed by atoms with Crippen LogP contribution in [0.15, 0.2) is 22.8 Å². The smallest absolute Gasteiger partial charge is 0.169 e. The highest BCUT2D eigenvalue weighted by Crippen LogP contribution is 2.29. The maximum absolute atomic E-state index is 12.2. The van der Waals surface area contributed by atoms with E-state index in [9.17, 15) is 4.79 Å². The van der Waals surface area contributed by atoms with Crippen molar-refractivity contribution in [1.29, 1.82) is 5.26 Å². The second-order valence-corrected chi connectivity index (χ2v) is 4.47. The normalized spacial score (nSPS) is 29.9. The van der Waals surface area contributed by atoms with E-state index >= 15 is 0 Å². The molecule has 0 aromatic carbocycles. The third-order valence-corrected chi connectivity index (χ3v) is 3.41. The van der Waals surface area contributed by atoms with Crippen molar-refractivity contribution in [2.24, 2.45) is 5.92 Å². The van der Waals surface area contributed by atoms with Gasteiger partial charge in [-0.15, -0.1) is 0 Å². The first-order chi connectivity index (χ1) is 8.15. The van der Waals surface area contributed by atoms with Crippen LogP contribution in [0.4, 0.5) is 0 Å². The molecule has 0 saturated carbocycles. The number of nitrogens with one attached hydrogen (secondary N) is 1. The number of ether oxygens (including phenoxy) is 1. The van der Waals surface area contributed by atoms with Crippen molar-refractivity contribution >= 4 is 5.78 Å². The average molecular weight is 232 g/mol. The van der Waals surface area contributed by atoms with E-state index in [1.165, 1.54) is 0 Å². The van der Waals surface area contributed by atoms with Crippen LogP contribution in [0, 0.1) is 17.2 Å². The Morgan fingerprint density at radius 2 is 2.29 bits per heavy atom. The van der Waals surface area contributed by atoms with E-state index in [1.807, 2.05) is 13.8 Å². The molecule has 0 amide bonds. The number of carbonyl (C=O) groups excluding carboxylic acids is 1. The predicted octanol–water partition coefficient (Wildman–Crippen LogP) is 0.960. The van der Waals surface area contributed by atoms with E-state index < -0.39 is 5.92 Å². The summed E-state index contributed by atoms with van der Waals surface area (Å²) >= 11 is 0. The lowest BCUT2D eigenvalue weighted by atomic mass is 9.80. The number of rotatable bonds is 1. The van der Waals surface area contributed by atoms with Gasteiger partial charge in [0.25, 0.3) is 0 Å². The molecule has 1 N–H and O–H groups in total. The standard InChI is InChI=1S/C13H16N2O2/c1-8-5-10(6-14)12(13(16)9(8)2)11-7-15-3-4-17-11/h5,11-12,15H,3-4,7H2,1-2H3. The van der Waals surface area contributed by atoms with Crippen molar-refractivity contribution in [1.82, 2.24) is 5.32 Å². The summed E-state index contributed by atoms with van der Waals surface area (Å²) in [6.45, 7) is 5.69. The van der Waals surface area contributed by atoms with E-state index in [1.54, 1.807) is 6.08 Å². The molecular formula is C13H16N2O2. The molecule has 0 aromatic heterocycles. The number of morpholine rings is 1. The number of Topliss-reactive ketones (excluding diaryl/α,β-unsaturated/α-hetero) is 1. The SMILES string of the molecule is CC1=C(C)C(=O)C(C2CNCCO2)C(C#N)=C1. The van der Waals surface area contributed by atoms with Gasteiger partial charge in [-0.25, -0.2) is 0 Å². The number of hydrogen-bond donors (Lipinski definition) is 1. The Morgan fingerprint density at radius 3 is 2.88 bits per heavy atom. The average Bonchev–Trinajstić information content (AvgIpc) is 2.36. The van der Waals surface area contributed by atoms with Crippen molar-refractivity contribution in [3.05, 3.63) is 22.8 Å². The largest absolute Gasteiger partial charge is 0.374 e. The highest BCUT2D eigenvalue weighted by molar-refractivity contribution is 6.02. The lowest BCUT2D eigenvalue weighted by Crippen LogP contribution is -2.46. The monoisotopic (exact) mass is 232 g/mol. The Bertz CT molecular complexity index is 437. The molecule has 1 aliphatic heterocycles. The molecule has 2 rings (SSSR count). The molecular weight excluding hydrogens is 216 g/mol. The molecule has 2 unspecified atom stereocenters. The number of nitrogens with zero attached hydrogens (tertiary/aromatic N) is 1. The van der Waals surface area contributed by atoms with Crippen LogP contribution in [0.2, 0.25) is 0 Å². The van der Waals surface area contributed by atoms with Crippen LogP contribution in [-0.2, 0) is 9.53 Å². The topological polar surface area (TPSA) is 62.1 Å². The fourth-order valence-corrected chi connectivity index (χ4v) is 2.27. The minimum absolute atomic E-state index is 0.0234. The molecule has 1 heterocycles. The van der Waals surface area contributed by atoms with E-state index in [0.717, 1.165) is 17.7 Å². The number of carbonyl (C=O) groups is 1. The Labute approximate surface area is 101 Å². The van der Waals surface area contributed by atoms with Crippen LogP contribution >= 0.6 is 0 Å². The van der Waals surface area contributed by atoms with E-state index in [2.05, 4.69) is 11.4 Å². The van der Waals surface area contributed by atoms with Gasteiger partial charge in [0.15, 0.2) is 5.78 Å². The van der Waals surface area contributed by atoms with Gasteiger partial charge in [0.05, 0.1) is 24.7 Å². The maximum Gasteiger partial charge on any atom is 0.169 e. The number of ketones is 1. The summed E-state index contributed by atoms with van der Waals surface area (Å²) < 4.78 is 5.61. The van der Waals surface area contributed by atoms with Crippen LogP contribution in [0.5, 0.6) is 0 Å². The molecule has 2 aliphatic rings. The number of nitriles is 1. The predicted molar refractivity (Wildman–Crippen MR) is 63.2 cm³/mol. The van der Waals surface area contributed by atoms with Gasteiger partial charge in [0.1, 0.15) is 0 Å². The third kappa shape index (κ3) is 2.17. The zero-order chi connectivity index (χ0) is 12.4. The lowest BCUT2D eigenvalue weighted by molar-refractivity contribution is -0.123. The molecule has 4 heteroatoms. The first kappa shape index (κ1) is 12.0. The molecule has 1 fully saturated rings. The molecule has 0 radical (unpaired) electrons. The summed E-state index contributed by atoms with van der Waals surface area (Å²) in [5, 5.41) is 12.3. The van der Waals surface area contributed by atoms with Crippen LogP contribution in [-0.4, -0.2) is 31.6 Å². The molecule has 17 heavy (non-hydrogen) atoms. The highest BCUT2D eigenvalue weighted by Gasteiger charge is 2.36. The van der Waals surface area contributed by atoms with Crippen molar-refractivity contribution in [3.63, 3.8) is 0 Å². The Balaban J connectivity index is 2.31. The summed E-state index contributed by atoms with van der Waals surface area (Å²) in [5.41, 5.74) is 2.14. The molecule has 0 spiro atoms. The van der Waals surface area contributed by atoms with Crippen molar-refractivity contribution in [2.75, 3.05) is 19.7 Å². The van der Waals surface area contributed by atoms with E-state index in [4.69, 9.17) is 10.00 Å².